The molecule has 0 saturated heterocycles. The van der Waals surface area contributed by atoms with Crippen LogP contribution in [0.1, 0.15) is 16.7 Å². The average Bonchev–Trinajstić information content (AvgIpc) is 2.54. The van der Waals surface area contributed by atoms with Gasteiger partial charge in [0.1, 0.15) is 5.75 Å². The highest BCUT2D eigenvalue weighted by Gasteiger charge is 2.11. The lowest BCUT2D eigenvalue weighted by molar-refractivity contribution is 0.240. The predicted molar refractivity (Wildman–Crippen MR) is 85.6 cm³/mol. The number of nitrogens with one attached hydrogen (secondary N) is 1. The smallest absolute Gasteiger partial charge is 0.122 e. The first-order valence-electron chi connectivity index (χ1n) is 7.25. The van der Waals surface area contributed by atoms with Crippen LogP contribution in [0.15, 0.2) is 48.5 Å². The zero-order valence-corrected chi connectivity index (χ0v) is 12.7. The number of benzene rings is 2. The van der Waals surface area contributed by atoms with Crippen molar-refractivity contribution >= 4 is 0 Å². The van der Waals surface area contributed by atoms with E-state index in [0.29, 0.717) is 0 Å². The van der Waals surface area contributed by atoms with Gasteiger partial charge in [-0.1, -0.05) is 42.5 Å². The summed E-state index contributed by atoms with van der Waals surface area (Å²) < 4.78 is 5.35. The molecule has 0 radical (unpaired) electrons. The molecular weight excluding hydrogens is 262 g/mol. The van der Waals surface area contributed by atoms with Gasteiger partial charge in [0.05, 0.1) is 13.7 Å². The Hall–Kier alpha value is -1.84. The van der Waals surface area contributed by atoms with Crippen LogP contribution in [-0.4, -0.2) is 24.9 Å². The Morgan fingerprint density at radius 3 is 2.52 bits per heavy atom. The molecule has 2 aromatic carbocycles. The summed E-state index contributed by atoms with van der Waals surface area (Å²) in [5.74, 6) is 0.896. The summed E-state index contributed by atoms with van der Waals surface area (Å²) in [5.41, 5.74) is 3.56. The van der Waals surface area contributed by atoms with E-state index in [4.69, 9.17) is 4.74 Å². The molecular formula is C18H23NO2. The van der Waals surface area contributed by atoms with Crippen LogP contribution in [-0.2, 0) is 13.0 Å². The molecule has 1 atom stereocenters. The Morgan fingerprint density at radius 1 is 1.10 bits per heavy atom. The van der Waals surface area contributed by atoms with Gasteiger partial charge < -0.3 is 15.2 Å². The average molecular weight is 285 g/mol. The summed E-state index contributed by atoms with van der Waals surface area (Å²) in [6.45, 7) is 2.93. The molecule has 2 aromatic rings. The zero-order valence-electron chi connectivity index (χ0n) is 12.7. The molecule has 0 aromatic heterocycles. The minimum absolute atomic E-state index is 0.0380. The molecule has 0 aliphatic rings. The summed E-state index contributed by atoms with van der Waals surface area (Å²) in [6.07, 6.45) is 0.784. The van der Waals surface area contributed by atoms with Gasteiger partial charge in [0, 0.05) is 12.6 Å². The van der Waals surface area contributed by atoms with Gasteiger partial charge in [-0.2, -0.15) is 0 Å². The molecule has 0 aliphatic heterocycles. The summed E-state index contributed by atoms with van der Waals surface area (Å²) in [4.78, 5) is 0. The van der Waals surface area contributed by atoms with E-state index >= 15 is 0 Å². The molecule has 0 spiro atoms. The van der Waals surface area contributed by atoms with Gasteiger partial charge in [0.25, 0.3) is 0 Å². The summed E-state index contributed by atoms with van der Waals surface area (Å²) in [7, 11) is 1.68. The van der Waals surface area contributed by atoms with Crippen molar-refractivity contribution in [2.75, 3.05) is 13.7 Å². The van der Waals surface area contributed by atoms with E-state index in [9.17, 15) is 5.11 Å². The molecule has 0 bridgehead atoms. The molecule has 0 aliphatic carbocycles. The zero-order chi connectivity index (χ0) is 15.1. The van der Waals surface area contributed by atoms with E-state index in [1.807, 2.05) is 30.3 Å². The van der Waals surface area contributed by atoms with Crippen LogP contribution in [0.4, 0.5) is 0 Å². The SMILES string of the molecule is COc1cccc(CC(CO)NCc2ccccc2)c1C. The lowest BCUT2D eigenvalue weighted by Gasteiger charge is -2.18. The molecule has 3 nitrogen and oxygen atoms in total. The van der Waals surface area contributed by atoms with Crippen LogP contribution >= 0.6 is 0 Å². The highest BCUT2D eigenvalue weighted by atomic mass is 16.5. The molecule has 21 heavy (non-hydrogen) atoms. The van der Waals surface area contributed by atoms with Crippen molar-refractivity contribution in [3.8, 4) is 5.75 Å². The second-order valence-electron chi connectivity index (χ2n) is 5.19. The molecule has 1 unspecified atom stereocenters. The molecule has 0 fully saturated rings. The lowest BCUT2D eigenvalue weighted by atomic mass is 10.0. The van der Waals surface area contributed by atoms with Gasteiger partial charge in [-0.25, -0.2) is 0 Å². The fraction of sp³-hybridized carbons (Fsp3) is 0.333. The van der Waals surface area contributed by atoms with Gasteiger partial charge in [0.2, 0.25) is 0 Å². The van der Waals surface area contributed by atoms with E-state index in [-0.39, 0.29) is 12.6 Å². The first kappa shape index (κ1) is 15.5. The van der Waals surface area contributed by atoms with E-state index < -0.39 is 0 Å². The van der Waals surface area contributed by atoms with E-state index in [0.717, 1.165) is 24.3 Å². The molecule has 0 amide bonds. The Kier molecular flexibility index (Phi) is 5.78. The topological polar surface area (TPSA) is 41.5 Å². The second-order valence-corrected chi connectivity index (χ2v) is 5.19. The Labute approximate surface area is 126 Å². The number of rotatable bonds is 7. The first-order valence-corrected chi connectivity index (χ1v) is 7.25. The number of aliphatic hydroxyl groups excluding tert-OH is 1. The van der Waals surface area contributed by atoms with Crippen molar-refractivity contribution in [1.82, 2.24) is 5.32 Å². The fourth-order valence-electron chi connectivity index (χ4n) is 2.43. The van der Waals surface area contributed by atoms with Crippen molar-refractivity contribution < 1.29 is 9.84 Å². The van der Waals surface area contributed by atoms with Crippen LogP contribution in [0.2, 0.25) is 0 Å². The summed E-state index contributed by atoms with van der Waals surface area (Å²) >= 11 is 0. The normalized spacial score (nSPS) is 12.1. The van der Waals surface area contributed by atoms with Gasteiger partial charge in [0.15, 0.2) is 0 Å². The monoisotopic (exact) mass is 285 g/mol. The Balaban J connectivity index is 1.99. The quantitative estimate of drug-likeness (QED) is 0.822. The third kappa shape index (κ3) is 4.31. The minimum atomic E-state index is 0.0380. The maximum atomic E-state index is 9.59. The lowest BCUT2D eigenvalue weighted by Crippen LogP contribution is -2.34. The summed E-state index contributed by atoms with van der Waals surface area (Å²) in [6, 6.07) is 16.3. The van der Waals surface area contributed by atoms with E-state index in [2.05, 4.69) is 30.4 Å². The third-order valence-electron chi connectivity index (χ3n) is 3.74. The maximum Gasteiger partial charge on any atom is 0.122 e. The molecule has 3 heteroatoms. The molecule has 0 heterocycles. The van der Waals surface area contributed by atoms with E-state index in [1.54, 1.807) is 7.11 Å². The van der Waals surface area contributed by atoms with Crippen LogP contribution in [0.5, 0.6) is 5.75 Å². The largest absolute Gasteiger partial charge is 0.496 e. The van der Waals surface area contributed by atoms with Crippen LogP contribution in [0.25, 0.3) is 0 Å². The molecule has 0 saturated carbocycles. The van der Waals surface area contributed by atoms with Gasteiger partial charge in [-0.05, 0) is 36.1 Å². The van der Waals surface area contributed by atoms with Crippen molar-refractivity contribution in [3.05, 3.63) is 65.2 Å². The number of hydrogen-bond donors (Lipinski definition) is 2. The second kappa shape index (κ2) is 7.81. The van der Waals surface area contributed by atoms with Crippen LogP contribution in [0.3, 0.4) is 0 Å². The van der Waals surface area contributed by atoms with Crippen LogP contribution in [0, 0.1) is 6.92 Å². The Bertz CT molecular complexity index is 554. The van der Waals surface area contributed by atoms with Crippen molar-refractivity contribution in [3.63, 3.8) is 0 Å². The van der Waals surface area contributed by atoms with Crippen LogP contribution < -0.4 is 10.1 Å². The highest BCUT2D eigenvalue weighted by Crippen LogP contribution is 2.22. The predicted octanol–water partition coefficient (Wildman–Crippen LogP) is 2.70. The third-order valence-corrected chi connectivity index (χ3v) is 3.74. The molecule has 2 N–H and O–H groups in total. The Morgan fingerprint density at radius 2 is 1.86 bits per heavy atom. The highest BCUT2D eigenvalue weighted by molar-refractivity contribution is 5.39. The molecule has 112 valence electrons. The standard InChI is InChI=1S/C18H23NO2/c1-14-16(9-6-10-18(14)21-2)11-17(13-20)19-12-15-7-4-3-5-8-15/h3-10,17,19-20H,11-13H2,1-2H3. The number of hydrogen-bond acceptors (Lipinski definition) is 3. The van der Waals surface area contributed by atoms with Crippen molar-refractivity contribution in [2.24, 2.45) is 0 Å². The number of ether oxygens (including phenoxy) is 1. The van der Waals surface area contributed by atoms with E-state index in [1.165, 1.54) is 11.1 Å². The fourth-order valence-corrected chi connectivity index (χ4v) is 2.43. The van der Waals surface area contributed by atoms with Gasteiger partial charge >= 0.3 is 0 Å². The minimum Gasteiger partial charge on any atom is -0.496 e. The van der Waals surface area contributed by atoms with Crippen molar-refractivity contribution in [2.45, 2.75) is 25.9 Å². The van der Waals surface area contributed by atoms with Crippen molar-refractivity contribution in [1.29, 1.82) is 0 Å². The summed E-state index contributed by atoms with van der Waals surface area (Å²) in [5, 5.41) is 13.0. The van der Waals surface area contributed by atoms with Gasteiger partial charge in [-0.15, -0.1) is 0 Å². The number of aliphatic hydroxyl groups is 1. The van der Waals surface area contributed by atoms with Gasteiger partial charge in [-0.3, -0.25) is 0 Å². The molecule has 2 rings (SSSR count). The first-order chi connectivity index (χ1) is 10.2. The maximum absolute atomic E-state index is 9.59. The number of methoxy groups -OCH3 is 1.